The van der Waals surface area contributed by atoms with Crippen molar-refractivity contribution in [3.8, 4) is 0 Å². The molecule has 1 rings (SSSR count). The highest BCUT2D eigenvalue weighted by atomic mass is 19.2. The lowest BCUT2D eigenvalue weighted by molar-refractivity contribution is 0.305. The van der Waals surface area contributed by atoms with Gasteiger partial charge in [0.05, 0.1) is 0 Å². The Labute approximate surface area is 115 Å². The lowest BCUT2D eigenvalue weighted by atomic mass is 9.85. The van der Waals surface area contributed by atoms with Gasteiger partial charge in [0.2, 0.25) is 0 Å². The third kappa shape index (κ3) is 4.57. The van der Waals surface area contributed by atoms with Gasteiger partial charge < -0.3 is 5.32 Å². The lowest BCUT2D eigenvalue weighted by Gasteiger charge is -2.27. The number of benzene rings is 1. The molecule has 0 aliphatic carbocycles. The average molecular weight is 269 g/mol. The first-order valence-electron chi connectivity index (χ1n) is 6.94. The van der Waals surface area contributed by atoms with Crippen LogP contribution in [-0.4, -0.2) is 6.54 Å². The summed E-state index contributed by atoms with van der Waals surface area (Å²) in [6, 6.07) is 3.21. The van der Waals surface area contributed by atoms with Gasteiger partial charge in [-0.15, -0.1) is 0 Å². The Morgan fingerprint density at radius 2 is 1.79 bits per heavy atom. The van der Waals surface area contributed by atoms with Crippen LogP contribution in [0.4, 0.5) is 8.78 Å². The van der Waals surface area contributed by atoms with Crippen LogP contribution < -0.4 is 5.32 Å². The summed E-state index contributed by atoms with van der Waals surface area (Å²) >= 11 is 0. The van der Waals surface area contributed by atoms with Crippen molar-refractivity contribution in [3.05, 3.63) is 34.9 Å². The quantitative estimate of drug-likeness (QED) is 0.813. The zero-order valence-corrected chi connectivity index (χ0v) is 12.6. The maximum Gasteiger partial charge on any atom is 0.163 e. The molecule has 1 N–H and O–H groups in total. The van der Waals surface area contributed by atoms with Crippen LogP contribution in [0.15, 0.2) is 12.1 Å². The molecule has 0 bridgehead atoms. The zero-order valence-electron chi connectivity index (χ0n) is 12.6. The molecule has 0 heterocycles. The smallest absolute Gasteiger partial charge is 0.163 e. The van der Waals surface area contributed by atoms with Crippen molar-refractivity contribution in [1.29, 1.82) is 0 Å². The predicted molar refractivity (Wildman–Crippen MR) is 76.2 cm³/mol. The van der Waals surface area contributed by atoms with E-state index in [4.69, 9.17) is 0 Å². The number of hydrogen-bond donors (Lipinski definition) is 1. The fraction of sp³-hybridized carbons (Fsp3) is 0.625. The fourth-order valence-electron chi connectivity index (χ4n) is 2.15. The number of aryl methyl sites for hydroxylation is 1. The second-order valence-corrected chi connectivity index (χ2v) is 6.37. The first kappa shape index (κ1) is 16.1. The molecule has 0 saturated carbocycles. The van der Waals surface area contributed by atoms with Gasteiger partial charge in [0.1, 0.15) is 0 Å². The standard InChI is InChI=1S/C16H25F2N/c1-6-9-19-13(10-16(3,4)5)12-8-7-11(2)14(17)15(12)18/h7-8,13,19H,6,9-10H2,1-5H3. The van der Waals surface area contributed by atoms with Crippen molar-refractivity contribution in [2.24, 2.45) is 5.41 Å². The summed E-state index contributed by atoms with van der Waals surface area (Å²) in [5.74, 6) is -1.44. The highest BCUT2D eigenvalue weighted by Gasteiger charge is 2.24. The number of hydrogen-bond acceptors (Lipinski definition) is 1. The van der Waals surface area contributed by atoms with E-state index in [0.717, 1.165) is 19.4 Å². The molecule has 0 aliphatic heterocycles. The first-order chi connectivity index (χ1) is 8.76. The van der Waals surface area contributed by atoms with Crippen LogP contribution in [0, 0.1) is 24.0 Å². The molecule has 0 fully saturated rings. The van der Waals surface area contributed by atoms with E-state index >= 15 is 0 Å². The SMILES string of the molecule is CCCNC(CC(C)(C)C)c1ccc(C)c(F)c1F. The van der Waals surface area contributed by atoms with Gasteiger partial charge in [-0.05, 0) is 37.3 Å². The van der Waals surface area contributed by atoms with Crippen LogP contribution in [0.3, 0.4) is 0 Å². The van der Waals surface area contributed by atoms with Crippen LogP contribution in [0.1, 0.15) is 57.7 Å². The third-order valence-corrected chi connectivity index (χ3v) is 3.14. The molecule has 0 aliphatic rings. The van der Waals surface area contributed by atoms with E-state index in [9.17, 15) is 8.78 Å². The van der Waals surface area contributed by atoms with E-state index in [2.05, 4.69) is 33.0 Å². The van der Waals surface area contributed by atoms with Crippen molar-refractivity contribution >= 4 is 0 Å². The van der Waals surface area contributed by atoms with Crippen molar-refractivity contribution in [2.45, 2.75) is 53.5 Å². The van der Waals surface area contributed by atoms with Crippen LogP contribution >= 0.6 is 0 Å². The lowest BCUT2D eigenvalue weighted by Crippen LogP contribution is -2.27. The van der Waals surface area contributed by atoms with Crippen molar-refractivity contribution in [1.82, 2.24) is 5.32 Å². The Morgan fingerprint density at radius 1 is 1.16 bits per heavy atom. The Bertz CT molecular complexity index is 421. The van der Waals surface area contributed by atoms with E-state index in [1.165, 1.54) is 0 Å². The Kier molecular flexibility index (Phi) is 5.48. The average Bonchev–Trinajstić information content (AvgIpc) is 2.30. The first-order valence-corrected chi connectivity index (χ1v) is 6.94. The van der Waals surface area contributed by atoms with Gasteiger partial charge in [-0.2, -0.15) is 0 Å². The summed E-state index contributed by atoms with van der Waals surface area (Å²) in [4.78, 5) is 0. The van der Waals surface area contributed by atoms with E-state index in [0.29, 0.717) is 11.1 Å². The van der Waals surface area contributed by atoms with Crippen LogP contribution in [-0.2, 0) is 0 Å². The minimum Gasteiger partial charge on any atom is -0.310 e. The molecule has 0 aromatic heterocycles. The summed E-state index contributed by atoms with van der Waals surface area (Å²) in [7, 11) is 0. The summed E-state index contributed by atoms with van der Waals surface area (Å²) < 4.78 is 27.8. The monoisotopic (exact) mass is 269 g/mol. The largest absolute Gasteiger partial charge is 0.310 e. The summed E-state index contributed by atoms with van der Waals surface area (Å²) in [6.07, 6.45) is 1.74. The molecule has 1 aromatic carbocycles. The van der Waals surface area contributed by atoms with Gasteiger partial charge in [-0.25, -0.2) is 8.78 Å². The Balaban J connectivity index is 3.06. The third-order valence-electron chi connectivity index (χ3n) is 3.14. The molecule has 0 amide bonds. The van der Waals surface area contributed by atoms with Crippen molar-refractivity contribution in [2.75, 3.05) is 6.54 Å². The summed E-state index contributed by atoms with van der Waals surface area (Å²) in [5, 5.41) is 3.32. The van der Waals surface area contributed by atoms with Crippen molar-refractivity contribution < 1.29 is 8.78 Å². The molecule has 108 valence electrons. The molecule has 1 nitrogen and oxygen atoms in total. The van der Waals surface area contributed by atoms with Gasteiger partial charge in [0.25, 0.3) is 0 Å². The molecule has 1 aromatic rings. The molecular weight excluding hydrogens is 244 g/mol. The summed E-state index contributed by atoms with van der Waals surface area (Å²) in [5.41, 5.74) is 0.844. The summed E-state index contributed by atoms with van der Waals surface area (Å²) in [6.45, 7) is 10.8. The molecule has 3 heteroatoms. The molecule has 1 unspecified atom stereocenters. The maximum absolute atomic E-state index is 14.1. The van der Waals surface area contributed by atoms with Gasteiger partial charge in [0, 0.05) is 11.6 Å². The highest BCUT2D eigenvalue weighted by Crippen LogP contribution is 2.31. The normalized spacial score (nSPS) is 13.6. The minimum absolute atomic E-state index is 0.0548. The number of nitrogens with one attached hydrogen (secondary N) is 1. The fourth-order valence-corrected chi connectivity index (χ4v) is 2.15. The van der Waals surface area contributed by atoms with Gasteiger partial charge in [0.15, 0.2) is 11.6 Å². The van der Waals surface area contributed by atoms with E-state index in [1.807, 2.05) is 0 Å². The molecule has 0 spiro atoms. The van der Waals surface area contributed by atoms with Crippen LogP contribution in [0.5, 0.6) is 0 Å². The maximum atomic E-state index is 14.1. The van der Waals surface area contributed by atoms with Crippen molar-refractivity contribution in [3.63, 3.8) is 0 Å². The van der Waals surface area contributed by atoms with E-state index < -0.39 is 11.6 Å². The molecular formula is C16H25F2N. The number of halogens is 2. The van der Waals surface area contributed by atoms with Gasteiger partial charge in [-0.3, -0.25) is 0 Å². The highest BCUT2D eigenvalue weighted by molar-refractivity contribution is 5.28. The minimum atomic E-state index is -0.727. The number of rotatable bonds is 5. The van der Waals surface area contributed by atoms with Crippen LogP contribution in [0.2, 0.25) is 0 Å². The molecule has 0 saturated heterocycles. The predicted octanol–water partition coefficient (Wildman–Crippen LogP) is 4.75. The molecule has 0 radical (unpaired) electrons. The molecule has 1 atom stereocenters. The topological polar surface area (TPSA) is 12.0 Å². The Morgan fingerprint density at radius 3 is 2.32 bits per heavy atom. The second kappa shape index (κ2) is 6.47. The zero-order chi connectivity index (χ0) is 14.6. The second-order valence-electron chi connectivity index (χ2n) is 6.37. The molecule has 19 heavy (non-hydrogen) atoms. The van der Waals surface area contributed by atoms with Crippen LogP contribution in [0.25, 0.3) is 0 Å². The Hall–Kier alpha value is -0.960. The van der Waals surface area contributed by atoms with E-state index in [-0.39, 0.29) is 11.5 Å². The van der Waals surface area contributed by atoms with E-state index in [1.54, 1.807) is 19.1 Å². The van der Waals surface area contributed by atoms with Gasteiger partial charge in [-0.1, -0.05) is 39.8 Å². The van der Waals surface area contributed by atoms with Gasteiger partial charge >= 0.3 is 0 Å².